The van der Waals surface area contributed by atoms with E-state index in [4.69, 9.17) is 4.74 Å². The van der Waals surface area contributed by atoms with Gasteiger partial charge in [0.15, 0.2) is 0 Å². The zero-order chi connectivity index (χ0) is 12.3. The highest BCUT2D eigenvalue weighted by Gasteiger charge is 2.03. The molecule has 88 valence electrons. The molecule has 1 aromatic carbocycles. The highest BCUT2D eigenvalue weighted by molar-refractivity contribution is 5.45. The van der Waals surface area contributed by atoms with Gasteiger partial charge in [-0.3, -0.25) is 4.98 Å². The summed E-state index contributed by atoms with van der Waals surface area (Å²) in [6, 6.07) is 4.68. The van der Waals surface area contributed by atoms with Gasteiger partial charge >= 0.3 is 0 Å². The zero-order valence-electron chi connectivity index (χ0n) is 9.08. The van der Waals surface area contributed by atoms with Gasteiger partial charge in [-0.05, 0) is 0 Å². The molecule has 0 saturated carbocycles. The third-order valence-corrected chi connectivity index (χ3v) is 2.07. The fraction of sp³-hybridized carbons (Fsp3) is 0.0833. The van der Waals surface area contributed by atoms with E-state index in [0.717, 1.165) is 23.9 Å². The molecule has 0 fully saturated rings. The van der Waals surface area contributed by atoms with Crippen LogP contribution in [0.25, 0.3) is 0 Å². The summed E-state index contributed by atoms with van der Waals surface area (Å²) in [4.78, 5) is 3.92. The maximum Gasteiger partial charge on any atom is 0.147 e. The first-order chi connectivity index (χ1) is 8.17. The molecular formula is C12H10F2N2O. The summed E-state index contributed by atoms with van der Waals surface area (Å²) in [7, 11) is 1.74. The summed E-state index contributed by atoms with van der Waals surface area (Å²) in [6.07, 6.45) is 3.07. The second-order valence-electron chi connectivity index (χ2n) is 3.37. The van der Waals surface area contributed by atoms with Crippen molar-refractivity contribution in [2.75, 3.05) is 12.4 Å². The highest BCUT2D eigenvalue weighted by atomic mass is 19.1. The van der Waals surface area contributed by atoms with Crippen molar-refractivity contribution < 1.29 is 13.5 Å². The summed E-state index contributed by atoms with van der Waals surface area (Å²) in [5, 5.41) is 2.89. The van der Waals surface area contributed by atoms with Gasteiger partial charge in [-0.2, -0.15) is 0 Å². The quantitative estimate of drug-likeness (QED) is 0.888. The third-order valence-electron chi connectivity index (χ3n) is 2.07. The SMILES string of the molecule is CNc1cncc(Oc2cc(F)cc(F)c2)c1. The average Bonchev–Trinajstić information content (AvgIpc) is 2.28. The lowest BCUT2D eigenvalue weighted by atomic mass is 10.3. The van der Waals surface area contributed by atoms with Crippen LogP contribution in [0.5, 0.6) is 11.5 Å². The molecule has 0 aliphatic heterocycles. The maximum atomic E-state index is 12.9. The topological polar surface area (TPSA) is 34.2 Å². The first-order valence-corrected chi connectivity index (χ1v) is 4.94. The predicted octanol–water partition coefficient (Wildman–Crippen LogP) is 3.19. The number of benzene rings is 1. The summed E-state index contributed by atoms with van der Waals surface area (Å²) in [6.45, 7) is 0. The van der Waals surface area contributed by atoms with Crippen LogP contribution in [0.1, 0.15) is 0 Å². The molecular weight excluding hydrogens is 226 g/mol. The maximum absolute atomic E-state index is 12.9. The molecule has 2 aromatic rings. The van der Waals surface area contributed by atoms with Gasteiger partial charge in [-0.1, -0.05) is 0 Å². The van der Waals surface area contributed by atoms with E-state index in [-0.39, 0.29) is 5.75 Å². The Morgan fingerprint density at radius 3 is 2.35 bits per heavy atom. The number of anilines is 1. The number of ether oxygens (including phenoxy) is 1. The Kier molecular flexibility index (Phi) is 3.18. The number of hydrogen-bond acceptors (Lipinski definition) is 3. The van der Waals surface area contributed by atoms with Crippen LogP contribution in [0.2, 0.25) is 0 Å². The minimum Gasteiger partial charge on any atom is -0.455 e. The van der Waals surface area contributed by atoms with Crippen molar-refractivity contribution in [2.45, 2.75) is 0 Å². The van der Waals surface area contributed by atoms with Crippen molar-refractivity contribution in [1.82, 2.24) is 4.98 Å². The monoisotopic (exact) mass is 236 g/mol. The first kappa shape index (κ1) is 11.3. The van der Waals surface area contributed by atoms with E-state index >= 15 is 0 Å². The minimum atomic E-state index is -0.683. The van der Waals surface area contributed by atoms with Crippen LogP contribution in [-0.4, -0.2) is 12.0 Å². The van der Waals surface area contributed by atoms with E-state index in [1.54, 1.807) is 19.3 Å². The average molecular weight is 236 g/mol. The van der Waals surface area contributed by atoms with Crippen LogP contribution in [0.15, 0.2) is 36.7 Å². The number of hydrogen-bond donors (Lipinski definition) is 1. The number of halogens is 2. The molecule has 1 aromatic heterocycles. The van der Waals surface area contributed by atoms with Crippen molar-refractivity contribution >= 4 is 5.69 Å². The van der Waals surface area contributed by atoms with Gasteiger partial charge in [-0.15, -0.1) is 0 Å². The Bertz CT molecular complexity index is 511. The summed E-state index contributed by atoms with van der Waals surface area (Å²) in [5.74, 6) is -0.866. The molecule has 0 atom stereocenters. The largest absolute Gasteiger partial charge is 0.455 e. The number of pyridine rings is 1. The van der Waals surface area contributed by atoms with Gasteiger partial charge in [0.2, 0.25) is 0 Å². The summed E-state index contributed by atoms with van der Waals surface area (Å²) >= 11 is 0. The Hall–Kier alpha value is -2.17. The Balaban J connectivity index is 2.24. The van der Waals surface area contributed by atoms with Gasteiger partial charge in [0.25, 0.3) is 0 Å². The predicted molar refractivity (Wildman–Crippen MR) is 60.2 cm³/mol. The van der Waals surface area contributed by atoms with Crippen molar-refractivity contribution in [3.63, 3.8) is 0 Å². The molecule has 0 radical (unpaired) electrons. The number of nitrogens with zero attached hydrogens (tertiary/aromatic N) is 1. The van der Waals surface area contributed by atoms with Crippen molar-refractivity contribution in [2.24, 2.45) is 0 Å². The second-order valence-corrected chi connectivity index (χ2v) is 3.37. The molecule has 17 heavy (non-hydrogen) atoms. The van der Waals surface area contributed by atoms with Crippen LogP contribution in [0.4, 0.5) is 14.5 Å². The van der Waals surface area contributed by atoms with E-state index in [1.165, 1.54) is 6.20 Å². The summed E-state index contributed by atoms with van der Waals surface area (Å²) < 4.78 is 31.2. The number of rotatable bonds is 3. The van der Waals surface area contributed by atoms with Gasteiger partial charge < -0.3 is 10.1 Å². The van der Waals surface area contributed by atoms with Crippen LogP contribution < -0.4 is 10.1 Å². The zero-order valence-corrected chi connectivity index (χ0v) is 9.08. The molecule has 1 heterocycles. The summed E-state index contributed by atoms with van der Waals surface area (Å²) in [5.41, 5.74) is 0.749. The molecule has 0 unspecified atom stereocenters. The Morgan fingerprint density at radius 1 is 1.00 bits per heavy atom. The Labute approximate surface area is 97.1 Å². The molecule has 1 N–H and O–H groups in total. The van der Waals surface area contributed by atoms with E-state index in [2.05, 4.69) is 10.3 Å². The normalized spacial score (nSPS) is 10.1. The number of nitrogens with one attached hydrogen (secondary N) is 1. The molecule has 2 rings (SSSR count). The molecule has 0 saturated heterocycles. The minimum absolute atomic E-state index is 0.0950. The molecule has 3 nitrogen and oxygen atoms in total. The van der Waals surface area contributed by atoms with Crippen LogP contribution in [0, 0.1) is 11.6 Å². The van der Waals surface area contributed by atoms with E-state index in [9.17, 15) is 8.78 Å². The van der Waals surface area contributed by atoms with Crippen molar-refractivity contribution in [1.29, 1.82) is 0 Å². The lowest BCUT2D eigenvalue weighted by Gasteiger charge is -2.07. The van der Waals surface area contributed by atoms with Gasteiger partial charge in [0.05, 0.1) is 18.1 Å². The number of aromatic nitrogens is 1. The van der Waals surface area contributed by atoms with Crippen molar-refractivity contribution in [3.8, 4) is 11.5 Å². The van der Waals surface area contributed by atoms with Crippen molar-refractivity contribution in [3.05, 3.63) is 48.3 Å². The van der Waals surface area contributed by atoms with Crippen LogP contribution in [-0.2, 0) is 0 Å². The molecule has 0 bridgehead atoms. The Morgan fingerprint density at radius 2 is 1.71 bits per heavy atom. The first-order valence-electron chi connectivity index (χ1n) is 4.94. The standard InChI is InChI=1S/C12H10F2N2O/c1-15-10-5-12(7-16-6-10)17-11-3-8(13)2-9(14)4-11/h2-7,15H,1H3. The molecule has 0 aliphatic carbocycles. The fourth-order valence-electron chi connectivity index (χ4n) is 1.33. The van der Waals surface area contributed by atoms with Gasteiger partial charge in [0.1, 0.15) is 23.1 Å². The van der Waals surface area contributed by atoms with Crippen LogP contribution >= 0.6 is 0 Å². The third kappa shape index (κ3) is 2.90. The van der Waals surface area contributed by atoms with Gasteiger partial charge in [-0.25, -0.2) is 8.78 Å². The van der Waals surface area contributed by atoms with E-state index in [0.29, 0.717) is 5.75 Å². The molecule has 5 heteroatoms. The lowest BCUT2D eigenvalue weighted by molar-refractivity contribution is 0.466. The smallest absolute Gasteiger partial charge is 0.147 e. The highest BCUT2D eigenvalue weighted by Crippen LogP contribution is 2.24. The molecule has 0 aliphatic rings. The van der Waals surface area contributed by atoms with Gasteiger partial charge in [0, 0.05) is 31.3 Å². The lowest BCUT2D eigenvalue weighted by Crippen LogP contribution is -1.92. The second kappa shape index (κ2) is 4.78. The van der Waals surface area contributed by atoms with Crippen LogP contribution in [0.3, 0.4) is 0 Å². The van der Waals surface area contributed by atoms with E-state index < -0.39 is 11.6 Å². The van der Waals surface area contributed by atoms with E-state index in [1.807, 2.05) is 0 Å². The molecule has 0 amide bonds. The molecule has 0 spiro atoms. The fourth-order valence-corrected chi connectivity index (χ4v) is 1.33.